The van der Waals surface area contributed by atoms with Crippen molar-refractivity contribution in [3.8, 4) is 0 Å². The van der Waals surface area contributed by atoms with Gasteiger partial charge in [-0.25, -0.2) is 0 Å². The van der Waals surface area contributed by atoms with Gasteiger partial charge in [-0.3, -0.25) is 9.79 Å². The van der Waals surface area contributed by atoms with Crippen LogP contribution >= 0.6 is 0 Å². The first-order valence-corrected chi connectivity index (χ1v) is 9.12. The van der Waals surface area contributed by atoms with E-state index in [1.807, 2.05) is 29.2 Å². The van der Waals surface area contributed by atoms with Crippen molar-refractivity contribution < 1.29 is 4.79 Å². The second-order valence-corrected chi connectivity index (χ2v) is 8.53. The van der Waals surface area contributed by atoms with Crippen LogP contribution in [-0.4, -0.2) is 22.7 Å². The van der Waals surface area contributed by atoms with E-state index in [0.29, 0.717) is 23.6 Å². The lowest BCUT2D eigenvalue weighted by atomic mass is 9.69. The normalized spacial score (nSPS) is 26.4. The summed E-state index contributed by atoms with van der Waals surface area (Å²) >= 11 is 0. The van der Waals surface area contributed by atoms with E-state index in [1.54, 1.807) is 0 Å². The summed E-state index contributed by atoms with van der Waals surface area (Å²) in [5.41, 5.74) is 8.29. The van der Waals surface area contributed by atoms with Crippen molar-refractivity contribution in [3.05, 3.63) is 42.0 Å². The van der Waals surface area contributed by atoms with Gasteiger partial charge in [0, 0.05) is 12.2 Å². The number of aliphatic imine (C=N–C) groups is 1. The molecule has 1 aromatic rings. The maximum absolute atomic E-state index is 12.4. The SMILES string of the molecule is C=C(N)c1ccc(CN2C(=O)C=NC23CCC(C(C)(C)C)CC3)cc1. The van der Waals surface area contributed by atoms with Crippen molar-refractivity contribution in [2.45, 2.75) is 58.7 Å². The fraction of sp³-hybridized carbons (Fsp3) is 0.524. The first-order valence-electron chi connectivity index (χ1n) is 9.12. The fourth-order valence-electron chi connectivity index (χ4n) is 4.10. The van der Waals surface area contributed by atoms with Gasteiger partial charge in [0.05, 0.1) is 6.21 Å². The van der Waals surface area contributed by atoms with Gasteiger partial charge in [0.25, 0.3) is 5.91 Å². The van der Waals surface area contributed by atoms with Gasteiger partial charge < -0.3 is 10.6 Å². The Kier molecular flexibility index (Phi) is 4.48. The molecular formula is C21H29N3O. The molecule has 0 radical (unpaired) electrons. The Bertz CT molecular complexity index is 689. The van der Waals surface area contributed by atoms with Gasteiger partial charge in [0.2, 0.25) is 0 Å². The van der Waals surface area contributed by atoms with E-state index in [1.165, 1.54) is 6.21 Å². The predicted molar refractivity (Wildman–Crippen MR) is 103 cm³/mol. The molecule has 0 aromatic heterocycles. The second kappa shape index (κ2) is 6.32. The Hall–Kier alpha value is -2.10. The number of benzene rings is 1. The third-order valence-electron chi connectivity index (χ3n) is 5.86. The van der Waals surface area contributed by atoms with Gasteiger partial charge in [-0.1, -0.05) is 51.6 Å². The Morgan fingerprint density at radius 1 is 1.28 bits per heavy atom. The zero-order chi connectivity index (χ0) is 18.2. The van der Waals surface area contributed by atoms with Gasteiger partial charge in [0.1, 0.15) is 5.66 Å². The monoisotopic (exact) mass is 339 g/mol. The van der Waals surface area contributed by atoms with E-state index < -0.39 is 0 Å². The van der Waals surface area contributed by atoms with Crippen LogP contribution in [0.2, 0.25) is 0 Å². The van der Waals surface area contributed by atoms with Gasteiger partial charge in [-0.05, 0) is 48.1 Å². The summed E-state index contributed by atoms with van der Waals surface area (Å²) in [5.74, 6) is 0.724. The average molecular weight is 339 g/mol. The van der Waals surface area contributed by atoms with Crippen LogP contribution in [0.1, 0.15) is 57.6 Å². The molecule has 0 bridgehead atoms. The van der Waals surface area contributed by atoms with Gasteiger partial charge in [-0.2, -0.15) is 0 Å². The number of carbonyl (C=O) groups is 1. The van der Waals surface area contributed by atoms with Gasteiger partial charge in [0.15, 0.2) is 0 Å². The second-order valence-electron chi connectivity index (χ2n) is 8.53. The summed E-state index contributed by atoms with van der Waals surface area (Å²) in [6, 6.07) is 7.96. The highest BCUT2D eigenvalue weighted by Gasteiger charge is 2.46. The smallest absolute Gasteiger partial charge is 0.266 e. The van der Waals surface area contributed by atoms with Crippen LogP contribution in [0.4, 0.5) is 0 Å². The van der Waals surface area contributed by atoms with Crippen LogP contribution in [0.25, 0.3) is 5.70 Å². The van der Waals surface area contributed by atoms with E-state index in [0.717, 1.165) is 36.8 Å². The lowest BCUT2D eigenvalue weighted by Gasteiger charge is -2.45. The average Bonchev–Trinajstić information content (AvgIpc) is 2.84. The number of hydrogen-bond donors (Lipinski definition) is 1. The van der Waals surface area contributed by atoms with E-state index in [9.17, 15) is 4.79 Å². The number of rotatable bonds is 3. The molecule has 1 aromatic carbocycles. The molecule has 1 saturated carbocycles. The standard InChI is InChI=1S/C21H29N3O/c1-15(22)17-7-5-16(6-8-17)14-24-19(25)13-23-21(24)11-9-18(10-12-21)20(2,3)4/h5-8,13,18H,1,9-12,14,22H2,2-4H3. The topological polar surface area (TPSA) is 58.7 Å². The number of nitrogens with zero attached hydrogens (tertiary/aromatic N) is 2. The lowest BCUT2D eigenvalue weighted by molar-refractivity contribution is -0.130. The highest BCUT2D eigenvalue weighted by molar-refractivity contribution is 6.28. The maximum atomic E-state index is 12.4. The molecule has 1 fully saturated rings. The minimum absolute atomic E-state index is 0.0292. The molecule has 0 unspecified atom stereocenters. The van der Waals surface area contributed by atoms with Crippen LogP contribution in [0, 0.1) is 11.3 Å². The molecule has 1 aliphatic carbocycles. The zero-order valence-electron chi connectivity index (χ0n) is 15.6. The molecule has 3 rings (SSSR count). The summed E-state index contributed by atoms with van der Waals surface area (Å²) in [6.45, 7) is 11.3. The Labute approximate surface area is 150 Å². The minimum Gasteiger partial charge on any atom is -0.399 e. The van der Waals surface area contributed by atoms with Gasteiger partial charge >= 0.3 is 0 Å². The minimum atomic E-state index is -0.338. The van der Waals surface area contributed by atoms with Crippen LogP contribution in [-0.2, 0) is 11.3 Å². The van der Waals surface area contributed by atoms with Gasteiger partial charge in [-0.15, -0.1) is 0 Å². The first-order chi connectivity index (χ1) is 11.7. The number of nitrogens with two attached hydrogens (primary N) is 1. The molecule has 2 N–H and O–H groups in total. The van der Waals surface area contributed by atoms with Crippen LogP contribution < -0.4 is 5.73 Å². The Morgan fingerprint density at radius 3 is 2.40 bits per heavy atom. The molecule has 25 heavy (non-hydrogen) atoms. The number of carbonyl (C=O) groups excluding carboxylic acids is 1. The molecule has 4 nitrogen and oxygen atoms in total. The quantitative estimate of drug-likeness (QED) is 0.906. The molecule has 4 heteroatoms. The molecule has 0 saturated heterocycles. The predicted octanol–water partition coefficient (Wildman–Crippen LogP) is 3.96. The molecule has 1 heterocycles. The molecule has 2 aliphatic rings. The fourth-order valence-corrected chi connectivity index (χ4v) is 4.10. The summed E-state index contributed by atoms with van der Waals surface area (Å²) < 4.78 is 0. The third kappa shape index (κ3) is 3.48. The van der Waals surface area contributed by atoms with E-state index >= 15 is 0 Å². The summed E-state index contributed by atoms with van der Waals surface area (Å²) in [5, 5.41) is 0. The van der Waals surface area contributed by atoms with Crippen molar-refractivity contribution in [2.75, 3.05) is 0 Å². The van der Waals surface area contributed by atoms with E-state index in [4.69, 9.17) is 5.73 Å². The number of hydrogen-bond acceptors (Lipinski definition) is 3. The van der Waals surface area contributed by atoms with Crippen LogP contribution in [0.3, 0.4) is 0 Å². The third-order valence-corrected chi connectivity index (χ3v) is 5.86. The Morgan fingerprint density at radius 2 is 1.88 bits per heavy atom. The highest BCUT2D eigenvalue weighted by atomic mass is 16.2. The highest BCUT2D eigenvalue weighted by Crippen LogP contribution is 2.45. The summed E-state index contributed by atoms with van der Waals surface area (Å²) in [4.78, 5) is 19.1. The van der Waals surface area contributed by atoms with Crippen LogP contribution in [0.5, 0.6) is 0 Å². The zero-order valence-corrected chi connectivity index (χ0v) is 15.6. The lowest BCUT2D eigenvalue weighted by Crippen LogP contribution is -2.49. The van der Waals surface area contributed by atoms with Crippen molar-refractivity contribution in [3.63, 3.8) is 0 Å². The van der Waals surface area contributed by atoms with Crippen molar-refractivity contribution in [2.24, 2.45) is 22.1 Å². The first kappa shape index (κ1) is 17.7. The van der Waals surface area contributed by atoms with E-state index in [2.05, 4.69) is 32.3 Å². The molecular weight excluding hydrogens is 310 g/mol. The van der Waals surface area contributed by atoms with Crippen molar-refractivity contribution in [1.29, 1.82) is 0 Å². The summed E-state index contributed by atoms with van der Waals surface area (Å²) in [6.07, 6.45) is 5.67. The summed E-state index contributed by atoms with van der Waals surface area (Å²) in [7, 11) is 0. The molecule has 0 atom stereocenters. The van der Waals surface area contributed by atoms with E-state index in [-0.39, 0.29) is 11.6 Å². The molecule has 134 valence electrons. The molecule has 1 spiro atoms. The number of amides is 1. The van der Waals surface area contributed by atoms with Crippen molar-refractivity contribution >= 4 is 17.8 Å². The van der Waals surface area contributed by atoms with Crippen molar-refractivity contribution in [1.82, 2.24) is 4.90 Å². The molecule has 1 amide bonds. The molecule has 1 aliphatic heterocycles. The Balaban J connectivity index is 1.74. The van der Waals surface area contributed by atoms with Crippen LogP contribution in [0.15, 0.2) is 35.8 Å². The maximum Gasteiger partial charge on any atom is 0.266 e. The largest absolute Gasteiger partial charge is 0.399 e.